The van der Waals surface area contributed by atoms with E-state index >= 15 is 0 Å². The lowest BCUT2D eigenvalue weighted by Crippen LogP contribution is -2.61. The molecule has 2 atom stereocenters. The smallest absolute Gasteiger partial charge is 0.379 e. The number of hydrogen-bond acceptors (Lipinski definition) is 4. The van der Waals surface area contributed by atoms with Crippen molar-refractivity contribution in [2.75, 3.05) is 0 Å². The molecule has 0 radical (unpaired) electrons. The van der Waals surface area contributed by atoms with Gasteiger partial charge >= 0.3 is 12.1 Å². The molecule has 0 saturated heterocycles. The number of nitrogens with zero attached hydrogens (tertiary/aromatic N) is 1. The van der Waals surface area contributed by atoms with Gasteiger partial charge in [0.15, 0.2) is 0 Å². The SMILES string of the molecule is C[C@@](N)(c1nc(Br)ccc1F)C(F)(F)[C@H](O)C(F)(F)F.NCc1ccccc1. The zero-order valence-corrected chi connectivity index (χ0v) is 16.1. The summed E-state index contributed by atoms with van der Waals surface area (Å²) in [6.07, 6.45) is -9.67. The zero-order valence-electron chi connectivity index (χ0n) is 14.5. The predicted molar refractivity (Wildman–Crippen MR) is 94.8 cm³/mol. The Morgan fingerprint density at radius 1 is 1.07 bits per heavy atom. The summed E-state index contributed by atoms with van der Waals surface area (Å²) < 4.78 is 77.7. The van der Waals surface area contributed by atoms with E-state index in [2.05, 4.69) is 20.9 Å². The lowest BCUT2D eigenvalue weighted by molar-refractivity contribution is -0.286. The van der Waals surface area contributed by atoms with E-state index in [-0.39, 0.29) is 4.60 Å². The number of hydrogen-bond donors (Lipinski definition) is 3. The summed E-state index contributed by atoms with van der Waals surface area (Å²) in [5, 5.41) is 8.75. The van der Waals surface area contributed by atoms with Crippen LogP contribution in [0.4, 0.5) is 26.3 Å². The Kier molecular flexibility index (Phi) is 8.00. The maximum Gasteiger partial charge on any atom is 0.420 e. The molecular formula is C17H18BrF6N3O. The van der Waals surface area contributed by atoms with Crippen molar-refractivity contribution in [1.82, 2.24) is 4.98 Å². The second kappa shape index (κ2) is 9.21. The highest BCUT2D eigenvalue weighted by molar-refractivity contribution is 9.10. The molecule has 0 amide bonds. The number of halogens is 7. The highest BCUT2D eigenvalue weighted by atomic mass is 79.9. The van der Waals surface area contributed by atoms with E-state index in [9.17, 15) is 26.3 Å². The van der Waals surface area contributed by atoms with Crippen LogP contribution < -0.4 is 11.5 Å². The van der Waals surface area contributed by atoms with Crippen LogP contribution in [-0.4, -0.2) is 28.3 Å². The maximum absolute atomic E-state index is 13.8. The molecule has 0 fully saturated rings. The molecule has 156 valence electrons. The number of rotatable bonds is 4. The van der Waals surface area contributed by atoms with Crippen LogP contribution in [0.2, 0.25) is 0 Å². The van der Waals surface area contributed by atoms with Gasteiger partial charge in [-0.3, -0.25) is 0 Å². The summed E-state index contributed by atoms with van der Waals surface area (Å²) in [4.78, 5) is 3.33. The second-order valence-electron chi connectivity index (χ2n) is 5.92. The molecule has 0 aliphatic carbocycles. The molecule has 2 rings (SSSR count). The number of nitrogens with two attached hydrogens (primary N) is 2. The minimum absolute atomic E-state index is 0.0946. The molecule has 1 aromatic heterocycles. The van der Waals surface area contributed by atoms with Gasteiger partial charge in [0.25, 0.3) is 0 Å². The van der Waals surface area contributed by atoms with Crippen molar-refractivity contribution in [2.45, 2.75) is 37.2 Å². The van der Waals surface area contributed by atoms with Crippen molar-refractivity contribution >= 4 is 15.9 Å². The third kappa shape index (κ3) is 5.66. The van der Waals surface area contributed by atoms with Gasteiger partial charge in [-0.25, -0.2) is 18.2 Å². The van der Waals surface area contributed by atoms with Crippen LogP contribution >= 0.6 is 15.9 Å². The van der Waals surface area contributed by atoms with Gasteiger partial charge in [-0.05, 0) is 40.5 Å². The Balaban J connectivity index is 0.000000406. The van der Waals surface area contributed by atoms with E-state index in [0.717, 1.165) is 6.07 Å². The first-order chi connectivity index (χ1) is 12.7. The first-order valence-corrected chi connectivity index (χ1v) is 8.52. The normalized spacial score (nSPS) is 15.2. The molecule has 4 nitrogen and oxygen atoms in total. The van der Waals surface area contributed by atoms with E-state index in [1.54, 1.807) is 0 Å². The van der Waals surface area contributed by atoms with Crippen molar-refractivity contribution in [3.8, 4) is 0 Å². The second-order valence-corrected chi connectivity index (χ2v) is 6.74. The molecule has 1 heterocycles. The van der Waals surface area contributed by atoms with E-state index in [1.807, 2.05) is 30.3 Å². The predicted octanol–water partition coefficient (Wildman–Crippen LogP) is 3.86. The monoisotopic (exact) mass is 473 g/mol. The largest absolute Gasteiger partial charge is 0.420 e. The summed E-state index contributed by atoms with van der Waals surface area (Å²) >= 11 is 2.77. The van der Waals surface area contributed by atoms with Crippen molar-refractivity contribution in [3.05, 3.63) is 64.1 Å². The topological polar surface area (TPSA) is 85.2 Å². The first kappa shape index (κ1) is 24.3. The number of alkyl halides is 5. The van der Waals surface area contributed by atoms with Gasteiger partial charge in [-0.15, -0.1) is 0 Å². The highest BCUT2D eigenvalue weighted by Gasteiger charge is 2.64. The summed E-state index contributed by atoms with van der Waals surface area (Å²) in [5.41, 5.74) is 7.42. The minimum atomic E-state index is -5.62. The van der Waals surface area contributed by atoms with Gasteiger partial charge in [0, 0.05) is 6.54 Å². The lowest BCUT2D eigenvalue weighted by atomic mass is 9.86. The average Bonchev–Trinajstić information content (AvgIpc) is 2.63. The number of benzene rings is 1. The zero-order chi connectivity index (χ0) is 21.8. The molecule has 2 aromatic rings. The van der Waals surface area contributed by atoms with Gasteiger partial charge in [-0.1, -0.05) is 30.3 Å². The molecule has 28 heavy (non-hydrogen) atoms. The quantitative estimate of drug-likeness (QED) is 0.464. The number of aliphatic hydroxyl groups is 1. The van der Waals surface area contributed by atoms with Crippen LogP contribution in [0.25, 0.3) is 0 Å². The van der Waals surface area contributed by atoms with Crippen LogP contribution in [0, 0.1) is 5.82 Å². The Bertz CT molecular complexity index is 771. The van der Waals surface area contributed by atoms with Gasteiger partial charge in [0.05, 0.1) is 0 Å². The fourth-order valence-electron chi connectivity index (χ4n) is 2.04. The van der Waals surface area contributed by atoms with Crippen LogP contribution in [0.1, 0.15) is 18.2 Å². The van der Waals surface area contributed by atoms with Crippen LogP contribution in [-0.2, 0) is 12.1 Å². The van der Waals surface area contributed by atoms with Crippen LogP contribution in [0.5, 0.6) is 0 Å². The summed E-state index contributed by atoms with van der Waals surface area (Å²) in [7, 11) is 0. The minimum Gasteiger partial charge on any atom is -0.379 e. The summed E-state index contributed by atoms with van der Waals surface area (Å²) in [6.45, 7) is 1.10. The maximum atomic E-state index is 13.8. The molecule has 0 saturated carbocycles. The molecule has 11 heteroatoms. The summed E-state index contributed by atoms with van der Waals surface area (Å²) in [6, 6.07) is 11.8. The van der Waals surface area contributed by atoms with Crippen LogP contribution in [0.15, 0.2) is 47.1 Å². The highest BCUT2D eigenvalue weighted by Crippen LogP contribution is 2.43. The number of aromatic nitrogens is 1. The van der Waals surface area contributed by atoms with Crippen LogP contribution in [0.3, 0.4) is 0 Å². The molecule has 0 bridgehead atoms. The Morgan fingerprint density at radius 3 is 2.04 bits per heavy atom. The average molecular weight is 474 g/mol. The van der Waals surface area contributed by atoms with E-state index < -0.39 is 35.3 Å². The number of aliphatic hydroxyl groups excluding tert-OH is 1. The Morgan fingerprint density at radius 2 is 1.61 bits per heavy atom. The molecule has 1 aromatic carbocycles. The van der Waals surface area contributed by atoms with Crippen molar-refractivity contribution < 1.29 is 31.4 Å². The van der Waals surface area contributed by atoms with E-state index in [1.165, 1.54) is 5.56 Å². The van der Waals surface area contributed by atoms with Crippen molar-refractivity contribution in [3.63, 3.8) is 0 Å². The fourth-order valence-corrected chi connectivity index (χ4v) is 2.35. The first-order valence-electron chi connectivity index (χ1n) is 7.73. The Labute approximate surface area is 165 Å². The Hall–Kier alpha value is -1.69. The molecule has 0 aliphatic heterocycles. The van der Waals surface area contributed by atoms with Gasteiger partial charge in [0.2, 0.25) is 6.10 Å². The molecule has 0 spiro atoms. The van der Waals surface area contributed by atoms with Gasteiger partial charge in [-0.2, -0.15) is 13.2 Å². The lowest BCUT2D eigenvalue weighted by Gasteiger charge is -2.37. The third-order valence-electron chi connectivity index (χ3n) is 3.73. The summed E-state index contributed by atoms with van der Waals surface area (Å²) in [5.74, 6) is -6.20. The van der Waals surface area contributed by atoms with Crippen molar-refractivity contribution in [1.29, 1.82) is 0 Å². The molecule has 5 N–H and O–H groups in total. The van der Waals surface area contributed by atoms with Gasteiger partial charge in [0.1, 0.15) is 21.7 Å². The van der Waals surface area contributed by atoms with Gasteiger partial charge < -0.3 is 16.6 Å². The van der Waals surface area contributed by atoms with Crippen molar-refractivity contribution in [2.24, 2.45) is 11.5 Å². The molecule has 0 unspecified atom stereocenters. The fraction of sp³-hybridized carbons (Fsp3) is 0.353. The molecular weight excluding hydrogens is 456 g/mol. The number of pyridine rings is 1. The third-order valence-corrected chi connectivity index (χ3v) is 4.17. The van der Waals surface area contributed by atoms with E-state index in [4.69, 9.17) is 16.6 Å². The molecule has 0 aliphatic rings. The standard InChI is InChI=1S/C10H9BrF6N2O.C7H9N/c1-8(18,6-4(12)2-3-5(11)19-6)9(13,14)7(20)10(15,16)17;8-6-7-4-2-1-3-5-7/h2-3,7,20H,18H2,1H3;1-5H,6,8H2/t7-,8+;/m0./s1. The van der Waals surface area contributed by atoms with E-state index in [0.29, 0.717) is 19.5 Å².